The number of aryl methyl sites for hydroxylation is 1. The summed E-state index contributed by atoms with van der Waals surface area (Å²) in [5, 5.41) is 3.65. The predicted molar refractivity (Wildman–Crippen MR) is 76.4 cm³/mol. The second-order valence-electron chi connectivity index (χ2n) is 4.69. The summed E-state index contributed by atoms with van der Waals surface area (Å²) in [6, 6.07) is 11.6. The third kappa shape index (κ3) is 2.16. The van der Waals surface area contributed by atoms with Crippen LogP contribution in [-0.2, 0) is 0 Å². The number of nitrogens with zero attached hydrogens (tertiary/aromatic N) is 1. The lowest BCUT2D eigenvalue weighted by atomic mass is 9.99. The zero-order valence-electron chi connectivity index (χ0n) is 11.2. The SMILES string of the molecule is Cc1ccc(F)c(-c2onc(N)c2-c2ccccc2)c1F. The van der Waals surface area contributed by atoms with E-state index in [9.17, 15) is 8.78 Å². The fourth-order valence-electron chi connectivity index (χ4n) is 2.22. The first kappa shape index (κ1) is 13.3. The fourth-order valence-corrected chi connectivity index (χ4v) is 2.22. The summed E-state index contributed by atoms with van der Waals surface area (Å²) in [5.41, 5.74) is 6.94. The number of nitrogens with two attached hydrogens (primary N) is 1. The largest absolute Gasteiger partial charge is 0.380 e. The molecule has 1 aromatic heterocycles. The summed E-state index contributed by atoms with van der Waals surface area (Å²) < 4.78 is 33.4. The Morgan fingerprint density at radius 3 is 2.43 bits per heavy atom. The van der Waals surface area contributed by atoms with E-state index in [-0.39, 0.29) is 17.1 Å². The van der Waals surface area contributed by atoms with E-state index in [1.807, 2.05) is 6.07 Å². The molecule has 0 atom stereocenters. The van der Waals surface area contributed by atoms with Crippen molar-refractivity contribution in [3.63, 3.8) is 0 Å². The van der Waals surface area contributed by atoms with Crippen LogP contribution in [0.15, 0.2) is 47.0 Å². The van der Waals surface area contributed by atoms with Gasteiger partial charge >= 0.3 is 0 Å². The molecule has 0 radical (unpaired) electrons. The third-order valence-electron chi connectivity index (χ3n) is 3.29. The van der Waals surface area contributed by atoms with E-state index in [0.717, 1.165) is 0 Å². The van der Waals surface area contributed by atoms with E-state index < -0.39 is 11.6 Å². The number of aromatic nitrogens is 1. The molecule has 0 saturated carbocycles. The van der Waals surface area contributed by atoms with Gasteiger partial charge in [-0.05, 0) is 24.1 Å². The van der Waals surface area contributed by atoms with Crippen molar-refractivity contribution >= 4 is 5.82 Å². The maximum Gasteiger partial charge on any atom is 0.182 e. The molecule has 3 aromatic rings. The fraction of sp³-hybridized carbons (Fsp3) is 0.0625. The van der Waals surface area contributed by atoms with E-state index in [1.165, 1.54) is 12.1 Å². The second kappa shape index (κ2) is 5.01. The molecule has 1 heterocycles. The quantitative estimate of drug-likeness (QED) is 0.769. The second-order valence-corrected chi connectivity index (χ2v) is 4.69. The van der Waals surface area contributed by atoms with Gasteiger partial charge in [0.2, 0.25) is 0 Å². The Bertz CT molecular complexity index is 798. The van der Waals surface area contributed by atoms with E-state index >= 15 is 0 Å². The van der Waals surface area contributed by atoms with Gasteiger partial charge in [-0.15, -0.1) is 0 Å². The summed E-state index contributed by atoms with van der Waals surface area (Å²) in [7, 11) is 0. The van der Waals surface area contributed by atoms with Crippen molar-refractivity contribution in [3.05, 3.63) is 59.7 Å². The van der Waals surface area contributed by atoms with Crippen LogP contribution in [0.25, 0.3) is 22.5 Å². The number of anilines is 1. The molecule has 0 saturated heterocycles. The van der Waals surface area contributed by atoms with Crippen LogP contribution in [0.1, 0.15) is 5.56 Å². The van der Waals surface area contributed by atoms with Gasteiger partial charge in [-0.2, -0.15) is 0 Å². The Labute approximate surface area is 120 Å². The molecule has 0 aliphatic rings. The minimum absolute atomic E-state index is 0.00241. The lowest BCUT2D eigenvalue weighted by Gasteiger charge is -2.07. The van der Waals surface area contributed by atoms with Crippen molar-refractivity contribution in [1.82, 2.24) is 5.16 Å². The van der Waals surface area contributed by atoms with E-state index in [0.29, 0.717) is 16.7 Å². The number of hydrogen-bond donors (Lipinski definition) is 1. The number of benzene rings is 2. The molecule has 3 rings (SSSR count). The molecule has 0 aliphatic heterocycles. The smallest absolute Gasteiger partial charge is 0.182 e. The number of hydrogen-bond acceptors (Lipinski definition) is 3. The van der Waals surface area contributed by atoms with Gasteiger partial charge < -0.3 is 10.3 Å². The summed E-state index contributed by atoms with van der Waals surface area (Å²) in [6.07, 6.45) is 0. The van der Waals surface area contributed by atoms with Crippen molar-refractivity contribution in [2.45, 2.75) is 6.92 Å². The molecular weight excluding hydrogens is 274 g/mol. The molecule has 2 N–H and O–H groups in total. The van der Waals surface area contributed by atoms with E-state index in [4.69, 9.17) is 10.3 Å². The van der Waals surface area contributed by atoms with Crippen LogP contribution in [0.2, 0.25) is 0 Å². The average Bonchev–Trinajstić information content (AvgIpc) is 2.86. The summed E-state index contributed by atoms with van der Waals surface area (Å²) >= 11 is 0. The number of halogens is 2. The van der Waals surface area contributed by atoms with Crippen molar-refractivity contribution in [1.29, 1.82) is 0 Å². The standard InChI is InChI=1S/C16H12F2N2O/c1-9-7-8-11(17)13(14(9)18)15-12(16(19)20-21-15)10-5-3-2-4-6-10/h2-8H,1H3,(H2,19,20). The Morgan fingerprint density at radius 2 is 1.71 bits per heavy atom. The van der Waals surface area contributed by atoms with Crippen LogP contribution in [0.3, 0.4) is 0 Å². The van der Waals surface area contributed by atoms with Crippen LogP contribution in [0, 0.1) is 18.6 Å². The maximum atomic E-state index is 14.3. The molecule has 5 heteroatoms. The highest BCUT2D eigenvalue weighted by molar-refractivity contribution is 5.86. The molecule has 0 aliphatic carbocycles. The van der Waals surface area contributed by atoms with Gasteiger partial charge in [-0.25, -0.2) is 8.78 Å². The highest BCUT2D eigenvalue weighted by atomic mass is 19.1. The normalized spacial score (nSPS) is 10.8. The molecule has 3 nitrogen and oxygen atoms in total. The minimum atomic E-state index is -0.716. The number of rotatable bonds is 2. The Morgan fingerprint density at radius 1 is 1.00 bits per heavy atom. The van der Waals surface area contributed by atoms with Crippen LogP contribution >= 0.6 is 0 Å². The maximum absolute atomic E-state index is 14.3. The zero-order valence-corrected chi connectivity index (χ0v) is 11.2. The minimum Gasteiger partial charge on any atom is -0.380 e. The van der Waals surface area contributed by atoms with Gasteiger partial charge in [0.05, 0.1) is 11.1 Å². The monoisotopic (exact) mass is 286 g/mol. The molecule has 0 bridgehead atoms. The first-order chi connectivity index (χ1) is 10.1. The van der Waals surface area contributed by atoms with Crippen LogP contribution in [0.4, 0.5) is 14.6 Å². The summed E-state index contributed by atoms with van der Waals surface area (Å²) in [6.45, 7) is 1.56. The number of nitrogen functional groups attached to an aromatic ring is 1. The Kier molecular flexibility index (Phi) is 3.17. The van der Waals surface area contributed by atoms with Crippen LogP contribution in [-0.4, -0.2) is 5.16 Å². The summed E-state index contributed by atoms with van der Waals surface area (Å²) in [5.74, 6) is -1.30. The van der Waals surface area contributed by atoms with E-state index in [1.54, 1.807) is 31.2 Å². The lowest BCUT2D eigenvalue weighted by Crippen LogP contribution is -1.95. The van der Waals surface area contributed by atoms with Crippen molar-refractivity contribution in [2.24, 2.45) is 0 Å². The molecule has 0 spiro atoms. The highest BCUT2D eigenvalue weighted by Gasteiger charge is 2.24. The van der Waals surface area contributed by atoms with Gasteiger partial charge in [-0.3, -0.25) is 0 Å². The molecule has 21 heavy (non-hydrogen) atoms. The average molecular weight is 286 g/mol. The highest BCUT2D eigenvalue weighted by Crippen LogP contribution is 2.39. The molecule has 0 amide bonds. The van der Waals surface area contributed by atoms with Crippen molar-refractivity contribution in [3.8, 4) is 22.5 Å². The van der Waals surface area contributed by atoms with Crippen LogP contribution < -0.4 is 5.73 Å². The Hall–Kier alpha value is -2.69. The van der Waals surface area contributed by atoms with Gasteiger partial charge in [0.15, 0.2) is 11.6 Å². The topological polar surface area (TPSA) is 52.0 Å². The third-order valence-corrected chi connectivity index (χ3v) is 3.29. The predicted octanol–water partition coefficient (Wildman–Crippen LogP) is 4.18. The lowest BCUT2D eigenvalue weighted by molar-refractivity contribution is 0.430. The first-order valence-corrected chi connectivity index (χ1v) is 6.35. The molecular formula is C16H12F2N2O. The van der Waals surface area contributed by atoms with Gasteiger partial charge in [0.25, 0.3) is 0 Å². The van der Waals surface area contributed by atoms with Gasteiger partial charge in [0, 0.05) is 0 Å². The zero-order chi connectivity index (χ0) is 15.0. The molecule has 2 aromatic carbocycles. The molecule has 0 fully saturated rings. The Balaban J connectivity index is 2.30. The van der Waals surface area contributed by atoms with Crippen molar-refractivity contribution in [2.75, 3.05) is 5.73 Å². The van der Waals surface area contributed by atoms with Crippen molar-refractivity contribution < 1.29 is 13.3 Å². The molecule has 0 unspecified atom stereocenters. The van der Waals surface area contributed by atoms with E-state index in [2.05, 4.69) is 5.16 Å². The van der Waals surface area contributed by atoms with Crippen LogP contribution in [0.5, 0.6) is 0 Å². The van der Waals surface area contributed by atoms with Gasteiger partial charge in [0.1, 0.15) is 11.6 Å². The van der Waals surface area contributed by atoms with Gasteiger partial charge in [-0.1, -0.05) is 41.6 Å². The first-order valence-electron chi connectivity index (χ1n) is 6.35. The summed E-state index contributed by atoms with van der Waals surface area (Å²) in [4.78, 5) is 0. The molecule has 106 valence electrons.